The van der Waals surface area contributed by atoms with Crippen molar-refractivity contribution < 1.29 is 9.53 Å². The van der Waals surface area contributed by atoms with Crippen molar-refractivity contribution in [3.8, 4) is 0 Å². The summed E-state index contributed by atoms with van der Waals surface area (Å²) < 4.78 is 5.70. The van der Waals surface area contributed by atoms with Gasteiger partial charge in [0, 0.05) is 5.33 Å². The smallest absolute Gasteiger partial charge is 0.308 e. The molecule has 1 unspecified atom stereocenters. The maximum absolute atomic E-state index is 12.7. The Kier molecular flexibility index (Phi) is 26.2. The summed E-state index contributed by atoms with van der Waals surface area (Å²) in [5, 5.41) is 1.09. The standard InChI is InChI=1S/C28H55BrO2/c1-3-5-7-9-11-12-13-14-18-22-26-31-28(30)27(24-20-16-17-21-25-29)23-19-15-10-8-6-4-2/h27H,3-26H2,1-2H3. The Hall–Kier alpha value is -0.0500. The molecule has 0 bridgehead atoms. The Bertz CT molecular complexity index is 359. The minimum Gasteiger partial charge on any atom is -0.465 e. The number of hydrogen-bond acceptors (Lipinski definition) is 2. The summed E-state index contributed by atoms with van der Waals surface area (Å²) in [4.78, 5) is 12.7. The van der Waals surface area contributed by atoms with Crippen molar-refractivity contribution in [3.05, 3.63) is 0 Å². The highest BCUT2D eigenvalue weighted by Gasteiger charge is 2.19. The van der Waals surface area contributed by atoms with Gasteiger partial charge < -0.3 is 4.74 Å². The van der Waals surface area contributed by atoms with Crippen LogP contribution in [0.3, 0.4) is 0 Å². The minimum absolute atomic E-state index is 0.0879. The van der Waals surface area contributed by atoms with E-state index in [-0.39, 0.29) is 11.9 Å². The predicted molar refractivity (Wildman–Crippen MR) is 141 cm³/mol. The lowest BCUT2D eigenvalue weighted by Gasteiger charge is -2.16. The van der Waals surface area contributed by atoms with Crippen LogP contribution in [0.15, 0.2) is 0 Å². The molecule has 186 valence electrons. The van der Waals surface area contributed by atoms with Crippen molar-refractivity contribution in [3.63, 3.8) is 0 Å². The van der Waals surface area contributed by atoms with Gasteiger partial charge in [-0.1, -0.05) is 145 Å². The maximum atomic E-state index is 12.7. The fraction of sp³-hybridized carbons (Fsp3) is 0.964. The van der Waals surface area contributed by atoms with E-state index in [2.05, 4.69) is 29.8 Å². The van der Waals surface area contributed by atoms with Crippen LogP contribution >= 0.6 is 15.9 Å². The number of carbonyl (C=O) groups excluding carboxylic acids is 1. The summed E-state index contributed by atoms with van der Waals surface area (Å²) in [7, 11) is 0. The van der Waals surface area contributed by atoms with Gasteiger partial charge in [-0.15, -0.1) is 0 Å². The zero-order valence-electron chi connectivity index (χ0n) is 21.2. The van der Waals surface area contributed by atoms with Crippen LogP contribution in [-0.2, 0) is 9.53 Å². The van der Waals surface area contributed by atoms with E-state index in [4.69, 9.17) is 4.74 Å². The van der Waals surface area contributed by atoms with Crippen LogP contribution < -0.4 is 0 Å². The molecule has 0 fully saturated rings. The van der Waals surface area contributed by atoms with Crippen molar-refractivity contribution in [1.82, 2.24) is 0 Å². The van der Waals surface area contributed by atoms with Crippen LogP contribution in [0, 0.1) is 5.92 Å². The van der Waals surface area contributed by atoms with Gasteiger partial charge in [0.1, 0.15) is 0 Å². The number of carbonyl (C=O) groups is 1. The number of esters is 1. The molecular weight excluding hydrogens is 448 g/mol. The summed E-state index contributed by atoms with van der Waals surface area (Å²) in [6, 6.07) is 0. The second kappa shape index (κ2) is 26.2. The molecule has 0 aliphatic heterocycles. The first kappa shape index (κ1) is 30.9. The van der Waals surface area contributed by atoms with Gasteiger partial charge in [-0.2, -0.15) is 0 Å². The number of rotatable bonds is 25. The average Bonchev–Trinajstić information content (AvgIpc) is 2.78. The van der Waals surface area contributed by atoms with E-state index in [0.717, 1.165) is 24.6 Å². The molecule has 0 saturated carbocycles. The normalized spacial score (nSPS) is 12.2. The SMILES string of the molecule is CCCCCCCCCCCCOC(=O)C(CCCCCCBr)CCCCCCCC. The fourth-order valence-corrected chi connectivity index (χ4v) is 4.67. The van der Waals surface area contributed by atoms with Crippen LogP contribution in [0.4, 0.5) is 0 Å². The molecule has 2 nitrogen and oxygen atoms in total. The number of unbranched alkanes of at least 4 members (excludes halogenated alkanes) is 17. The zero-order valence-corrected chi connectivity index (χ0v) is 22.8. The monoisotopic (exact) mass is 502 g/mol. The minimum atomic E-state index is 0.0879. The van der Waals surface area contributed by atoms with Crippen LogP contribution in [0.1, 0.15) is 155 Å². The summed E-state index contributed by atoms with van der Waals surface area (Å²) >= 11 is 3.51. The van der Waals surface area contributed by atoms with Crippen LogP contribution in [0.25, 0.3) is 0 Å². The van der Waals surface area contributed by atoms with Crippen molar-refractivity contribution in [1.29, 1.82) is 0 Å². The Labute approximate surface area is 204 Å². The molecule has 3 heteroatoms. The number of ether oxygens (including phenoxy) is 1. The van der Waals surface area contributed by atoms with Gasteiger partial charge in [0.25, 0.3) is 0 Å². The first-order chi connectivity index (χ1) is 15.3. The third-order valence-corrected chi connectivity index (χ3v) is 6.98. The molecule has 0 aliphatic rings. The van der Waals surface area contributed by atoms with E-state index in [0.29, 0.717) is 6.61 Å². The molecule has 0 amide bonds. The van der Waals surface area contributed by atoms with Crippen LogP contribution in [0.2, 0.25) is 0 Å². The second-order valence-corrected chi connectivity index (χ2v) is 10.3. The number of halogens is 1. The number of hydrogen-bond donors (Lipinski definition) is 0. The van der Waals surface area contributed by atoms with Gasteiger partial charge >= 0.3 is 5.97 Å². The van der Waals surface area contributed by atoms with E-state index < -0.39 is 0 Å². The molecule has 0 spiro atoms. The quantitative estimate of drug-likeness (QED) is 0.0704. The van der Waals surface area contributed by atoms with Crippen molar-refractivity contribution in [2.75, 3.05) is 11.9 Å². The Morgan fingerprint density at radius 2 is 0.968 bits per heavy atom. The van der Waals surface area contributed by atoms with E-state index in [1.807, 2.05) is 0 Å². The molecule has 0 heterocycles. The van der Waals surface area contributed by atoms with Crippen LogP contribution in [-0.4, -0.2) is 17.9 Å². The van der Waals surface area contributed by atoms with Gasteiger partial charge in [0.05, 0.1) is 12.5 Å². The molecule has 0 aromatic carbocycles. The lowest BCUT2D eigenvalue weighted by atomic mass is 9.94. The Morgan fingerprint density at radius 1 is 0.581 bits per heavy atom. The van der Waals surface area contributed by atoms with E-state index in [1.165, 1.54) is 122 Å². The predicted octanol–water partition coefficient (Wildman–Crippen LogP) is 10.2. The Balaban J connectivity index is 3.89. The molecule has 0 saturated heterocycles. The van der Waals surface area contributed by atoms with Crippen molar-refractivity contribution >= 4 is 21.9 Å². The summed E-state index contributed by atoms with van der Waals surface area (Å²) in [6.07, 6.45) is 27.9. The molecule has 0 aliphatic carbocycles. The maximum Gasteiger partial charge on any atom is 0.308 e. The fourth-order valence-electron chi connectivity index (χ4n) is 4.27. The summed E-state index contributed by atoms with van der Waals surface area (Å²) in [6.45, 7) is 5.16. The van der Waals surface area contributed by atoms with Crippen molar-refractivity contribution in [2.45, 2.75) is 155 Å². The highest BCUT2D eigenvalue weighted by molar-refractivity contribution is 9.09. The van der Waals surface area contributed by atoms with Gasteiger partial charge in [0.2, 0.25) is 0 Å². The summed E-state index contributed by atoms with van der Waals surface area (Å²) in [5.74, 6) is 0.225. The first-order valence-corrected chi connectivity index (χ1v) is 15.1. The first-order valence-electron chi connectivity index (χ1n) is 14.0. The Morgan fingerprint density at radius 3 is 1.42 bits per heavy atom. The molecule has 0 aromatic rings. The van der Waals surface area contributed by atoms with Gasteiger partial charge in [0.15, 0.2) is 0 Å². The zero-order chi connectivity index (χ0) is 22.8. The molecule has 1 atom stereocenters. The van der Waals surface area contributed by atoms with Crippen molar-refractivity contribution in [2.24, 2.45) is 5.92 Å². The second-order valence-electron chi connectivity index (χ2n) is 9.49. The largest absolute Gasteiger partial charge is 0.465 e. The highest BCUT2D eigenvalue weighted by atomic mass is 79.9. The van der Waals surface area contributed by atoms with E-state index >= 15 is 0 Å². The highest BCUT2D eigenvalue weighted by Crippen LogP contribution is 2.21. The lowest BCUT2D eigenvalue weighted by Crippen LogP contribution is -2.18. The third kappa shape index (κ3) is 22.9. The molecular formula is C28H55BrO2. The molecule has 31 heavy (non-hydrogen) atoms. The van der Waals surface area contributed by atoms with E-state index in [1.54, 1.807) is 0 Å². The molecule has 0 aromatic heterocycles. The molecule has 0 rings (SSSR count). The van der Waals surface area contributed by atoms with Gasteiger partial charge in [-0.05, 0) is 25.7 Å². The molecule has 0 radical (unpaired) electrons. The van der Waals surface area contributed by atoms with Gasteiger partial charge in [-0.25, -0.2) is 0 Å². The lowest BCUT2D eigenvalue weighted by molar-refractivity contribution is -0.149. The average molecular weight is 504 g/mol. The third-order valence-electron chi connectivity index (χ3n) is 6.42. The van der Waals surface area contributed by atoms with Crippen LogP contribution in [0.5, 0.6) is 0 Å². The van der Waals surface area contributed by atoms with Gasteiger partial charge in [-0.3, -0.25) is 4.79 Å². The number of alkyl halides is 1. The summed E-state index contributed by atoms with van der Waals surface area (Å²) in [5.41, 5.74) is 0. The van der Waals surface area contributed by atoms with E-state index in [9.17, 15) is 4.79 Å². The molecule has 0 N–H and O–H groups in total. The topological polar surface area (TPSA) is 26.3 Å².